The van der Waals surface area contributed by atoms with Gasteiger partial charge in [-0.25, -0.2) is 4.74 Å². The van der Waals surface area contributed by atoms with E-state index in [2.05, 4.69) is 4.74 Å². The van der Waals surface area contributed by atoms with Crippen molar-refractivity contribution in [2.24, 2.45) is 17.8 Å². The molecule has 0 N–H and O–H groups in total. The first-order chi connectivity index (χ1) is 9.28. The molecule has 0 aliphatic heterocycles. The Morgan fingerprint density at radius 2 is 1.38 bits per heavy atom. The van der Waals surface area contributed by atoms with E-state index in [1.54, 1.807) is 0 Å². The summed E-state index contributed by atoms with van der Waals surface area (Å²) < 4.78 is 108. The molecule has 124 valence electrons. The molecule has 0 spiro atoms. The van der Waals surface area contributed by atoms with Gasteiger partial charge in [0.25, 0.3) is 0 Å². The monoisotopic (exact) mass is 326 g/mol. The highest BCUT2D eigenvalue weighted by molar-refractivity contribution is 4.99. The van der Waals surface area contributed by atoms with E-state index in [9.17, 15) is 35.1 Å². The number of fused-ring (bicyclic) bond motifs is 2. The zero-order valence-corrected chi connectivity index (χ0v) is 11.0. The molecule has 2 rings (SSSR count). The van der Waals surface area contributed by atoms with Crippen LogP contribution in [0, 0.1) is 17.8 Å². The van der Waals surface area contributed by atoms with Crippen LogP contribution in [-0.2, 0) is 4.74 Å². The van der Waals surface area contributed by atoms with Gasteiger partial charge in [0.2, 0.25) is 0 Å². The van der Waals surface area contributed by atoms with Gasteiger partial charge in [-0.3, -0.25) is 0 Å². The van der Waals surface area contributed by atoms with Gasteiger partial charge in [0, 0.05) is 12.8 Å². The first kappa shape index (κ1) is 16.8. The first-order valence-corrected chi connectivity index (χ1v) is 6.49. The second kappa shape index (κ2) is 4.70. The van der Waals surface area contributed by atoms with Crippen LogP contribution in [0.1, 0.15) is 32.6 Å². The quantitative estimate of drug-likeness (QED) is 0.652. The van der Waals surface area contributed by atoms with E-state index in [0.717, 1.165) is 0 Å². The standard InChI is InChI=1S/C12H14F8O/c1-9(13,14)11(17,18)21-12(19,20)10(15,16)8-5-6-2-3-7(8)4-6/h6-8H,2-5H2,1H3. The molecule has 2 fully saturated rings. The van der Waals surface area contributed by atoms with Crippen molar-refractivity contribution in [3.8, 4) is 0 Å². The van der Waals surface area contributed by atoms with Gasteiger partial charge in [-0.05, 0) is 31.1 Å². The third kappa shape index (κ3) is 2.73. The Morgan fingerprint density at radius 3 is 1.76 bits per heavy atom. The Hall–Kier alpha value is -0.600. The van der Waals surface area contributed by atoms with Crippen molar-refractivity contribution < 1.29 is 39.9 Å². The van der Waals surface area contributed by atoms with Crippen LogP contribution in [0.4, 0.5) is 35.1 Å². The molecule has 2 bridgehead atoms. The number of ether oxygens (including phenoxy) is 1. The molecule has 0 aromatic rings. The number of rotatable bonds is 5. The van der Waals surface area contributed by atoms with Crippen molar-refractivity contribution in [3.05, 3.63) is 0 Å². The van der Waals surface area contributed by atoms with Crippen LogP contribution in [0.15, 0.2) is 0 Å². The van der Waals surface area contributed by atoms with Gasteiger partial charge in [0.15, 0.2) is 0 Å². The molecule has 3 atom stereocenters. The summed E-state index contributed by atoms with van der Waals surface area (Å²) in [5, 5.41) is 0. The normalized spacial score (nSPS) is 31.0. The number of hydrogen-bond acceptors (Lipinski definition) is 1. The SMILES string of the molecule is CC(F)(F)C(F)(F)OC(F)(F)C(F)(F)C1CC2CCC1C2. The van der Waals surface area contributed by atoms with Gasteiger partial charge < -0.3 is 0 Å². The highest BCUT2D eigenvalue weighted by Crippen LogP contribution is 2.58. The molecular weight excluding hydrogens is 312 g/mol. The number of alkyl halides is 8. The largest absolute Gasteiger partial charge is 0.424 e. The molecular formula is C12H14F8O. The van der Waals surface area contributed by atoms with E-state index in [1.807, 2.05) is 0 Å². The lowest BCUT2D eigenvalue weighted by Gasteiger charge is -2.37. The number of halogens is 8. The maximum absolute atomic E-state index is 13.8. The molecule has 9 heteroatoms. The topological polar surface area (TPSA) is 9.23 Å². The van der Waals surface area contributed by atoms with Gasteiger partial charge >= 0.3 is 24.1 Å². The first-order valence-electron chi connectivity index (χ1n) is 6.49. The van der Waals surface area contributed by atoms with Crippen molar-refractivity contribution in [2.75, 3.05) is 0 Å². The van der Waals surface area contributed by atoms with Crippen LogP contribution in [0.2, 0.25) is 0 Å². The molecule has 1 nitrogen and oxygen atoms in total. The van der Waals surface area contributed by atoms with E-state index in [1.165, 1.54) is 0 Å². The Labute approximate surface area is 115 Å². The number of hydrogen-bond donors (Lipinski definition) is 0. The fourth-order valence-corrected chi connectivity index (χ4v) is 3.22. The second-order valence-electron chi connectivity index (χ2n) is 5.93. The Balaban J connectivity index is 2.18. The average molecular weight is 326 g/mol. The lowest BCUT2D eigenvalue weighted by atomic mass is 9.83. The lowest BCUT2D eigenvalue weighted by molar-refractivity contribution is -0.472. The van der Waals surface area contributed by atoms with E-state index >= 15 is 0 Å². The molecule has 0 heterocycles. The minimum atomic E-state index is -5.68. The molecule has 0 aromatic carbocycles. The van der Waals surface area contributed by atoms with Crippen molar-refractivity contribution in [2.45, 2.75) is 56.7 Å². The Morgan fingerprint density at radius 1 is 0.810 bits per heavy atom. The van der Waals surface area contributed by atoms with E-state index in [0.29, 0.717) is 19.3 Å². The maximum atomic E-state index is 13.8. The lowest BCUT2D eigenvalue weighted by Crippen LogP contribution is -2.55. The highest BCUT2D eigenvalue weighted by Gasteiger charge is 2.71. The van der Waals surface area contributed by atoms with Gasteiger partial charge in [-0.2, -0.15) is 35.1 Å². The van der Waals surface area contributed by atoms with Crippen LogP contribution in [0.3, 0.4) is 0 Å². The summed E-state index contributed by atoms with van der Waals surface area (Å²) >= 11 is 0. The molecule has 0 aromatic heterocycles. The zero-order valence-electron chi connectivity index (χ0n) is 11.0. The van der Waals surface area contributed by atoms with E-state index in [4.69, 9.17) is 0 Å². The van der Waals surface area contributed by atoms with E-state index in [-0.39, 0.29) is 19.3 Å². The maximum Gasteiger partial charge on any atom is 0.424 e. The summed E-state index contributed by atoms with van der Waals surface area (Å²) in [4.78, 5) is 0. The Kier molecular flexibility index (Phi) is 3.75. The van der Waals surface area contributed by atoms with Crippen molar-refractivity contribution in [1.82, 2.24) is 0 Å². The van der Waals surface area contributed by atoms with Crippen molar-refractivity contribution in [1.29, 1.82) is 0 Å². The molecule has 2 aliphatic rings. The summed E-state index contributed by atoms with van der Waals surface area (Å²) in [6, 6.07) is 0. The van der Waals surface area contributed by atoms with Gasteiger partial charge in [-0.1, -0.05) is 6.42 Å². The molecule has 0 amide bonds. The summed E-state index contributed by atoms with van der Waals surface area (Å²) in [6.07, 6.45) is -10.3. The predicted octanol–water partition coefficient (Wildman–Crippen LogP) is 4.92. The van der Waals surface area contributed by atoms with Crippen LogP contribution >= 0.6 is 0 Å². The van der Waals surface area contributed by atoms with Gasteiger partial charge in [-0.15, -0.1) is 0 Å². The highest BCUT2D eigenvalue weighted by atomic mass is 19.3. The fourth-order valence-electron chi connectivity index (χ4n) is 3.22. The minimum Gasteiger partial charge on any atom is -0.246 e. The third-order valence-electron chi connectivity index (χ3n) is 4.36. The molecule has 21 heavy (non-hydrogen) atoms. The van der Waals surface area contributed by atoms with Crippen LogP contribution in [0.25, 0.3) is 0 Å². The predicted molar refractivity (Wildman–Crippen MR) is 55.5 cm³/mol. The fraction of sp³-hybridized carbons (Fsp3) is 1.00. The average Bonchev–Trinajstić information content (AvgIpc) is 2.86. The van der Waals surface area contributed by atoms with Gasteiger partial charge in [0.05, 0.1) is 0 Å². The third-order valence-corrected chi connectivity index (χ3v) is 4.36. The summed E-state index contributed by atoms with van der Waals surface area (Å²) in [6.45, 7) is -0.376. The Bertz CT molecular complexity index is 403. The van der Waals surface area contributed by atoms with E-state index < -0.39 is 35.9 Å². The summed E-state index contributed by atoms with van der Waals surface area (Å²) in [5.74, 6) is -12.6. The summed E-state index contributed by atoms with van der Waals surface area (Å²) in [5.41, 5.74) is 0. The van der Waals surface area contributed by atoms with Crippen LogP contribution < -0.4 is 0 Å². The zero-order chi connectivity index (χ0) is 16.3. The van der Waals surface area contributed by atoms with Gasteiger partial charge in [0.1, 0.15) is 0 Å². The smallest absolute Gasteiger partial charge is 0.246 e. The second-order valence-corrected chi connectivity index (χ2v) is 5.93. The van der Waals surface area contributed by atoms with Crippen molar-refractivity contribution >= 4 is 0 Å². The molecule has 0 radical (unpaired) electrons. The van der Waals surface area contributed by atoms with Crippen LogP contribution in [-0.4, -0.2) is 24.1 Å². The van der Waals surface area contributed by atoms with Crippen molar-refractivity contribution in [3.63, 3.8) is 0 Å². The van der Waals surface area contributed by atoms with Crippen LogP contribution in [0.5, 0.6) is 0 Å². The molecule has 0 saturated heterocycles. The molecule has 3 unspecified atom stereocenters. The molecule has 2 saturated carbocycles. The molecule has 2 aliphatic carbocycles. The minimum absolute atomic E-state index is 0.144. The summed E-state index contributed by atoms with van der Waals surface area (Å²) in [7, 11) is 0.